The number of rotatable bonds is 6. The number of halogens is 5. The summed E-state index contributed by atoms with van der Waals surface area (Å²) in [6, 6.07) is 7.44. The highest BCUT2D eigenvalue weighted by atomic mass is 19.4. The molecular formula is C30H34F5N5O. The molecule has 2 aromatic carbocycles. The third-order valence-electron chi connectivity index (χ3n) is 7.87. The predicted octanol–water partition coefficient (Wildman–Crippen LogP) is 6.17. The monoisotopic (exact) mass is 575 g/mol. The van der Waals surface area contributed by atoms with Crippen molar-refractivity contribution in [3.63, 3.8) is 0 Å². The largest absolute Gasteiger partial charge is 0.486 e. The number of fused-ring (bicyclic) bond motifs is 1. The molecule has 0 aliphatic carbocycles. The number of anilines is 2. The summed E-state index contributed by atoms with van der Waals surface area (Å²) in [5, 5.41) is 0. The highest BCUT2D eigenvalue weighted by molar-refractivity contribution is 5.72. The Morgan fingerprint density at radius 2 is 1.73 bits per heavy atom. The first-order valence-corrected chi connectivity index (χ1v) is 13.8. The van der Waals surface area contributed by atoms with Crippen LogP contribution in [0.4, 0.5) is 33.3 Å². The first-order valence-electron chi connectivity index (χ1n) is 13.8. The molecule has 3 heterocycles. The molecule has 1 fully saturated rings. The molecule has 5 rings (SSSR count). The number of hydrogen-bond acceptors (Lipinski definition) is 6. The zero-order valence-electron chi connectivity index (χ0n) is 23.6. The second-order valence-electron chi connectivity index (χ2n) is 11.1. The minimum atomic E-state index is -4.55. The Bertz CT molecular complexity index is 1400. The fraction of sp³-hybridized carbons (Fsp3) is 0.467. The van der Waals surface area contributed by atoms with Crippen molar-refractivity contribution in [2.45, 2.75) is 51.4 Å². The molecular weight excluding hydrogens is 541 g/mol. The van der Waals surface area contributed by atoms with E-state index < -0.39 is 23.4 Å². The van der Waals surface area contributed by atoms with Gasteiger partial charge in [-0.3, -0.25) is 0 Å². The average Bonchev–Trinajstić information content (AvgIpc) is 2.93. The maximum absolute atomic E-state index is 15.0. The molecule has 220 valence electrons. The fourth-order valence-electron chi connectivity index (χ4n) is 5.67. The van der Waals surface area contributed by atoms with E-state index in [9.17, 15) is 17.6 Å². The van der Waals surface area contributed by atoms with Gasteiger partial charge in [0.05, 0.1) is 24.0 Å². The summed E-state index contributed by atoms with van der Waals surface area (Å²) in [6.45, 7) is 5.89. The van der Waals surface area contributed by atoms with Gasteiger partial charge in [0.2, 0.25) is 0 Å². The second kappa shape index (κ2) is 11.4. The van der Waals surface area contributed by atoms with Crippen molar-refractivity contribution in [1.82, 2.24) is 14.9 Å². The number of hydrogen-bond donors (Lipinski definition) is 0. The first-order chi connectivity index (χ1) is 19.4. The fourth-order valence-corrected chi connectivity index (χ4v) is 5.67. The number of benzene rings is 2. The Morgan fingerprint density at radius 1 is 1.00 bits per heavy atom. The maximum atomic E-state index is 15.0. The van der Waals surface area contributed by atoms with Crippen LogP contribution < -0.4 is 14.5 Å². The zero-order chi connectivity index (χ0) is 29.5. The van der Waals surface area contributed by atoms with Crippen molar-refractivity contribution in [2.75, 3.05) is 50.1 Å². The van der Waals surface area contributed by atoms with E-state index in [0.29, 0.717) is 43.5 Å². The molecule has 0 amide bonds. The summed E-state index contributed by atoms with van der Waals surface area (Å²) in [4.78, 5) is 14.2. The van der Waals surface area contributed by atoms with Gasteiger partial charge in [0, 0.05) is 42.8 Å². The molecule has 6 nitrogen and oxygen atoms in total. The normalized spacial score (nSPS) is 16.4. The lowest BCUT2D eigenvalue weighted by molar-refractivity contribution is -0.137. The molecule has 2 aliphatic rings. The summed E-state index contributed by atoms with van der Waals surface area (Å²) >= 11 is 0. The van der Waals surface area contributed by atoms with Crippen LogP contribution in [0.1, 0.15) is 43.6 Å². The molecule has 0 N–H and O–H groups in total. The van der Waals surface area contributed by atoms with Gasteiger partial charge in [-0.25, -0.2) is 18.7 Å². The summed E-state index contributed by atoms with van der Waals surface area (Å²) in [5.74, 6) is -1.16. The van der Waals surface area contributed by atoms with E-state index in [1.807, 2.05) is 32.8 Å². The number of piperidine rings is 1. The molecule has 0 radical (unpaired) electrons. The van der Waals surface area contributed by atoms with E-state index in [1.54, 1.807) is 17.0 Å². The van der Waals surface area contributed by atoms with Crippen LogP contribution in [0.3, 0.4) is 0 Å². The van der Waals surface area contributed by atoms with Gasteiger partial charge in [-0.2, -0.15) is 13.2 Å². The van der Waals surface area contributed by atoms with E-state index in [1.165, 1.54) is 6.07 Å². The van der Waals surface area contributed by atoms with Gasteiger partial charge in [0.1, 0.15) is 18.1 Å². The van der Waals surface area contributed by atoms with Gasteiger partial charge in [0.15, 0.2) is 17.4 Å². The van der Waals surface area contributed by atoms with E-state index in [4.69, 9.17) is 4.74 Å². The molecule has 1 saturated heterocycles. The minimum absolute atomic E-state index is 0.0476. The molecule has 0 atom stereocenters. The van der Waals surface area contributed by atoms with Crippen LogP contribution in [0.15, 0.2) is 36.5 Å². The van der Waals surface area contributed by atoms with E-state index in [2.05, 4.69) is 14.9 Å². The molecule has 0 bridgehead atoms. The van der Waals surface area contributed by atoms with Crippen LogP contribution in [0.2, 0.25) is 0 Å². The van der Waals surface area contributed by atoms with E-state index in [-0.39, 0.29) is 41.0 Å². The van der Waals surface area contributed by atoms with Gasteiger partial charge in [-0.1, -0.05) is 6.07 Å². The molecule has 41 heavy (non-hydrogen) atoms. The minimum Gasteiger partial charge on any atom is -0.486 e. The molecule has 1 aromatic heterocycles. The van der Waals surface area contributed by atoms with Gasteiger partial charge in [0.25, 0.3) is 0 Å². The van der Waals surface area contributed by atoms with E-state index >= 15 is 4.39 Å². The van der Waals surface area contributed by atoms with Gasteiger partial charge in [-0.05, 0) is 70.6 Å². The number of nitrogens with zero attached hydrogens (tertiary/aromatic N) is 5. The van der Waals surface area contributed by atoms with Crippen molar-refractivity contribution in [3.05, 3.63) is 65.1 Å². The Morgan fingerprint density at radius 3 is 2.39 bits per heavy atom. The van der Waals surface area contributed by atoms with E-state index in [0.717, 1.165) is 31.2 Å². The van der Waals surface area contributed by atoms with Crippen LogP contribution in [0, 0.1) is 11.6 Å². The Hall–Kier alpha value is -3.47. The lowest BCUT2D eigenvalue weighted by Gasteiger charge is -2.37. The van der Waals surface area contributed by atoms with Crippen molar-refractivity contribution in [1.29, 1.82) is 0 Å². The molecule has 3 aromatic rings. The summed E-state index contributed by atoms with van der Waals surface area (Å²) in [6.07, 6.45) is -2.07. The molecule has 0 saturated carbocycles. The van der Waals surface area contributed by atoms with Gasteiger partial charge >= 0.3 is 6.18 Å². The number of alkyl halides is 3. The molecule has 11 heteroatoms. The average molecular weight is 576 g/mol. The Labute approximate surface area is 236 Å². The molecule has 2 aliphatic heterocycles. The maximum Gasteiger partial charge on any atom is 0.418 e. The molecule has 0 spiro atoms. The Balaban J connectivity index is 1.44. The van der Waals surface area contributed by atoms with Crippen LogP contribution in [-0.2, 0) is 12.6 Å². The zero-order valence-corrected chi connectivity index (χ0v) is 23.6. The van der Waals surface area contributed by atoms with Crippen LogP contribution in [0.5, 0.6) is 5.75 Å². The lowest BCUT2D eigenvalue weighted by atomic mass is 10.00. The predicted molar refractivity (Wildman–Crippen MR) is 149 cm³/mol. The van der Waals surface area contributed by atoms with Crippen molar-refractivity contribution in [2.24, 2.45) is 0 Å². The number of ether oxygens (including phenoxy) is 1. The van der Waals surface area contributed by atoms with Crippen molar-refractivity contribution in [3.8, 4) is 17.0 Å². The van der Waals surface area contributed by atoms with Crippen molar-refractivity contribution < 1.29 is 26.7 Å². The summed E-state index contributed by atoms with van der Waals surface area (Å²) in [5.41, 5.74) is 0.360. The highest BCUT2D eigenvalue weighted by Crippen LogP contribution is 2.40. The third-order valence-corrected chi connectivity index (χ3v) is 7.87. The number of aromatic nitrogens is 2. The van der Waals surface area contributed by atoms with Crippen LogP contribution in [0.25, 0.3) is 11.3 Å². The lowest BCUT2D eigenvalue weighted by Crippen LogP contribution is -2.42. The summed E-state index contributed by atoms with van der Waals surface area (Å²) in [7, 11) is 3.96. The first kappa shape index (κ1) is 29.0. The van der Waals surface area contributed by atoms with Gasteiger partial charge in [-0.15, -0.1) is 0 Å². The van der Waals surface area contributed by atoms with Crippen molar-refractivity contribution >= 4 is 11.4 Å². The smallest absolute Gasteiger partial charge is 0.418 e. The SMILES string of the molecule is CC(C)N1CCOc2c(F)cc(-c3nc(Cc4ccc(N5CCC(N(C)C)CC5)c(C(F)(F)F)c4)ncc3F)cc21. The van der Waals surface area contributed by atoms with Crippen LogP contribution in [-0.4, -0.2) is 67.3 Å². The summed E-state index contributed by atoms with van der Waals surface area (Å²) < 4.78 is 77.9. The van der Waals surface area contributed by atoms with Gasteiger partial charge < -0.3 is 19.4 Å². The topological polar surface area (TPSA) is 44.7 Å². The van der Waals surface area contributed by atoms with Crippen LogP contribution >= 0.6 is 0 Å². The highest BCUT2D eigenvalue weighted by Gasteiger charge is 2.36. The standard InChI is InChI=1S/C30H34F5N5O/c1-18(2)40-11-12-41-29-23(31)15-20(16-26(29)40)28-24(32)17-36-27(37-28)14-19-5-6-25(22(13-19)30(33,34)35)39-9-7-21(8-10-39)38(3)4/h5-6,13,15-18,21H,7-12,14H2,1-4H3. The second-order valence-corrected chi connectivity index (χ2v) is 11.1. The molecule has 0 unspecified atom stereocenters. The third kappa shape index (κ3) is 6.10. The Kier molecular flexibility index (Phi) is 8.09. The quantitative estimate of drug-likeness (QED) is 0.328.